The molecule has 0 radical (unpaired) electrons. The van der Waals surface area contributed by atoms with E-state index in [4.69, 9.17) is 0 Å². The van der Waals surface area contributed by atoms with Gasteiger partial charge in [-0.05, 0) is 41.3 Å². The Bertz CT molecular complexity index is 746. The van der Waals surface area contributed by atoms with Gasteiger partial charge in [-0.15, -0.1) is 0 Å². The molecule has 25 heavy (non-hydrogen) atoms. The minimum atomic E-state index is -0.292. The highest BCUT2D eigenvalue weighted by molar-refractivity contribution is 5.95. The zero-order chi connectivity index (χ0) is 18.4. The van der Waals surface area contributed by atoms with Crippen LogP contribution in [0.2, 0.25) is 0 Å². The monoisotopic (exact) mass is 340 g/mol. The highest BCUT2D eigenvalue weighted by atomic mass is 16.3. The van der Waals surface area contributed by atoms with Gasteiger partial charge in [-0.25, -0.2) is 0 Å². The maximum Gasteiger partial charge on any atom is 0.251 e. The summed E-state index contributed by atoms with van der Waals surface area (Å²) in [6.07, 6.45) is 0. The largest absolute Gasteiger partial charge is 0.508 e. The van der Waals surface area contributed by atoms with Gasteiger partial charge in [-0.2, -0.15) is 0 Å². The van der Waals surface area contributed by atoms with Crippen LogP contribution in [0.5, 0.6) is 5.75 Å². The van der Waals surface area contributed by atoms with Gasteiger partial charge in [0.2, 0.25) is 0 Å². The molecule has 2 aromatic carbocycles. The number of amides is 2. The van der Waals surface area contributed by atoms with E-state index in [1.165, 1.54) is 17.7 Å². The van der Waals surface area contributed by atoms with Gasteiger partial charge in [0.25, 0.3) is 11.8 Å². The molecule has 0 unspecified atom stereocenters. The average molecular weight is 340 g/mol. The summed E-state index contributed by atoms with van der Waals surface area (Å²) in [5.74, 6) is -0.425. The molecule has 0 saturated heterocycles. The molecule has 132 valence electrons. The SMILES string of the molecule is CC(C)(C)c1ccc(C(=O)NCCNC(=O)c2cccc(O)c2)cc1. The number of phenols is 1. The molecule has 0 aromatic heterocycles. The summed E-state index contributed by atoms with van der Waals surface area (Å²) >= 11 is 0. The van der Waals surface area contributed by atoms with Crippen LogP contribution in [0.3, 0.4) is 0 Å². The standard InChI is InChI=1S/C20H24N2O3/c1-20(2,3)16-9-7-14(8-10-16)18(24)21-11-12-22-19(25)15-5-4-6-17(23)13-15/h4-10,13,23H,11-12H2,1-3H3,(H,21,24)(H,22,25). The van der Waals surface area contributed by atoms with Crippen molar-refractivity contribution in [3.63, 3.8) is 0 Å². The van der Waals surface area contributed by atoms with Crippen LogP contribution in [-0.4, -0.2) is 30.0 Å². The summed E-state index contributed by atoms with van der Waals surface area (Å²) in [5.41, 5.74) is 2.18. The van der Waals surface area contributed by atoms with Crippen LogP contribution in [0.25, 0.3) is 0 Å². The van der Waals surface area contributed by atoms with Crippen LogP contribution in [0.15, 0.2) is 48.5 Å². The van der Waals surface area contributed by atoms with Crippen molar-refractivity contribution >= 4 is 11.8 Å². The number of phenolic OH excluding ortho intramolecular Hbond substituents is 1. The zero-order valence-electron chi connectivity index (χ0n) is 14.8. The molecule has 2 rings (SSSR count). The van der Waals surface area contributed by atoms with Crippen molar-refractivity contribution in [1.29, 1.82) is 0 Å². The number of hydrogen-bond donors (Lipinski definition) is 3. The van der Waals surface area contributed by atoms with Crippen LogP contribution in [0.1, 0.15) is 47.1 Å². The molecule has 2 amide bonds. The lowest BCUT2D eigenvalue weighted by Gasteiger charge is -2.19. The fraction of sp³-hybridized carbons (Fsp3) is 0.300. The van der Waals surface area contributed by atoms with Crippen LogP contribution < -0.4 is 10.6 Å². The van der Waals surface area contributed by atoms with E-state index in [0.29, 0.717) is 24.2 Å². The lowest BCUT2D eigenvalue weighted by Crippen LogP contribution is -2.34. The molecule has 0 atom stereocenters. The Hall–Kier alpha value is -2.82. The first-order chi connectivity index (χ1) is 11.8. The Labute approximate surface area is 148 Å². The quantitative estimate of drug-likeness (QED) is 0.732. The molecule has 0 saturated carbocycles. The molecule has 2 aromatic rings. The van der Waals surface area contributed by atoms with Gasteiger partial charge >= 0.3 is 0 Å². The highest BCUT2D eigenvalue weighted by Crippen LogP contribution is 2.22. The Morgan fingerprint density at radius 3 is 1.96 bits per heavy atom. The van der Waals surface area contributed by atoms with Gasteiger partial charge in [0.15, 0.2) is 0 Å². The third kappa shape index (κ3) is 5.35. The Kier molecular flexibility index (Phi) is 5.80. The van der Waals surface area contributed by atoms with E-state index in [2.05, 4.69) is 31.4 Å². The van der Waals surface area contributed by atoms with Crippen LogP contribution in [0, 0.1) is 0 Å². The Morgan fingerprint density at radius 2 is 1.44 bits per heavy atom. The average Bonchev–Trinajstić information content (AvgIpc) is 2.57. The summed E-state index contributed by atoms with van der Waals surface area (Å²) < 4.78 is 0. The molecule has 5 nitrogen and oxygen atoms in total. The van der Waals surface area contributed by atoms with E-state index in [1.807, 2.05) is 12.1 Å². The first-order valence-corrected chi connectivity index (χ1v) is 8.23. The fourth-order valence-electron chi connectivity index (χ4n) is 2.32. The lowest BCUT2D eigenvalue weighted by molar-refractivity contribution is 0.0927. The number of rotatable bonds is 5. The van der Waals surface area contributed by atoms with Crippen molar-refractivity contribution in [2.24, 2.45) is 0 Å². The summed E-state index contributed by atoms with van der Waals surface area (Å²) in [4.78, 5) is 24.0. The van der Waals surface area contributed by atoms with Crippen molar-refractivity contribution in [3.8, 4) is 5.75 Å². The third-order valence-electron chi connectivity index (χ3n) is 3.82. The number of carbonyl (C=O) groups is 2. The van der Waals surface area contributed by atoms with Gasteiger partial charge in [0.1, 0.15) is 5.75 Å². The van der Waals surface area contributed by atoms with E-state index in [1.54, 1.807) is 24.3 Å². The van der Waals surface area contributed by atoms with Crippen molar-refractivity contribution < 1.29 is 14.7 Å². The second kappa shape index (κ2) is 7.83. The molecule has 0 fully saturated rings. The molecule has 0 heterocycles. The van der Waals surface area contributed by atoms with E-state index in [0.717, 1.165) is 0 Å². The number of aromatic hydroxyl groups is 1. The second-order valence-corrected chi connectivity index (χ2v) is 6.89. The van der Waals surface area contributed by atoms with Gasteiger partial charge in [0, 0.05) is 24.2 Å². The Balaban J connectivity index is 1.79. The minimum absolute atomic E-state index is 0.0413. The van der Waals surface area contributed by atoms with Crippen LogP contribution >= 0.6 is 0 Å². The first kappa shape index (κ1) is 18.5. The van der Waals surface area contributed by atoms with Crippen LogP contribution in [0.4, 0.5) is 0 Å². The summed E-state index contributed by atoms with van der Waals surface area (Å²) in [5, 5.41) is 14.8. The Morgan fingerprint density at radius 1 is 0.880 bits per heavy atom. The second-order valence-electron chi connectivity index (χ2n) is 6.89. The maximum atomic E-state index is 12.1. The molecular formula is C20H24N2O3. The van der Waals surface area contributed by atoms with E-state index in [9.17, 15) is 14.7 Å². The van der Waals surface area contributed by atoms with Crippen molar-refractivity contribution in [1.82, 2.24) is 10.6 Å². The van der Waals surface area contributed by atoms with Gasteiger partial charge < -0.3 is 15.7 Å². The third-order valence-corrected chi connectivity index (χ3v) is 3.82. The van der Waals surface area contributed by atoms with Gasteiger partial charge in [-0.1, -0.05) is 39.0 Å². The number of carbonyl (C=O) groups excluding carboxylic acids is 2. The molecule has 0 aliphatic heterocycles. The highest BCUT2D eigenvalue weighted by Gasteiger charge is 2.14. The molecule has 5 heteroatoms. The molecule has 0 aliphatic carbocycles. The van der Waals surface area contributed by atoms with Crippen molar-refractivity contribution in [2.45, 2.75) is 26.2 Å². The van der Waals surface area contributed by atoms with E-state index in [-0.39, 0.29) is 23.0 Å². The van der Waals surface area contributed by atoms with Crippen molar-refractivity contribution in [3.05, 3.63) is 65.2 Å². The lowest BCUT2D eigenvalue weighted by atomic mass is 9.87. The zero-order valence-corrected chi connectivity index (χ0v) is 14.8. The molecule has 0 aliphatic rings. The smallest absolute Gasteiger partial charge is 0.251 e. The van der Waals surface area contributed by atoms with Crippen molar-refractivity contribution in [2.75, 3.05) is 13.1 Å². The number of benzene rings is 2. The van der Waals surface area contributed by atoms with Crippen LogP contribution in [-0.2, 0) is 5.41 Å². The number of hydrogen-bond acceptors (Lipinski definition) is 3. The van der Waals surface area contributed by atoms with Gasteiger partial charge in [-0.3, -0.25) is 9.59 Å². The van der Waals surface area contributed by atoms with Gasteiger partial charge in [0.05, 0.1) is 0 Å². The summed E-state index contributed by atoms with van der Waals surface area (Å²) in [7, 11) is 0. The maximum absolute atomic E-state index is 12.1. The fourth-order valence-corrected chi connectivity index (χ4v) is 2.32. The molecule has 0 spiro atoms. The predicted octanol–water partition coefficient (Wildman–Crippen LogP) is 2.85. The normalized spacial score (nSPS) is 11.0. The number of nitrogens with one attached hydrogen (secondary N) is 2. The summed E-state index contributed by atoms with van der Waals surface area (Å²) in [6, 6.07) is 13.6. The molecular weight excluding hydrogens is 316 g/mol. The predicted molar refractivity (Wildman–Crippen MR) is 97.9 cm³/mol. The minimum Gasteiger partial charge on any atom is -0.508 e. The summed E-state index contributed by atoms with van der Waals surface area (Å²) in [6.45, 7) is 7.00. The first-order valence-electron chi connectivity index (χ1n) is 8.23. The topological polar surface area (TPSA) is 78.4 Å². The molecule has 3 N–H and O–H groups in total. The molecule has 0 bridgehead atoms. The van der Waals surface area contributed by atoms with E-state index < -0.39 is 0 Å². The van der Waals surface area contributed by atoms with E-state index >= 15 is 0 Å².